The number of benzene rings is 2. The van der Waals surface area contributed by atoms with Gasteiger partial charge in [0.05, 0.1) is 16.8 Å². The van der Waals surface area contributed by atoms with E-state index in [1.165, 1.54) is 19.3 Å². The van der Waals surface area contributed by atoms with Crippen LogP contribution in [0.1, 0.15) is 49.9 Å². The number of nitrogens with zero attached hydrogens (tertiary/aromatic N) is 1. The quantitative estimate of drug-likeness (QED) is 0.547. The van der Waals surface area contributed by atoms with Gasteiger partial charge in [-0.1, -0.05) is 81.6 Å². The van der Waals surface area contributed by atoms with E-state index < -0.39 is 0 Å². The standard InChI is InChI=1S/C24H28N2O/c1-3-5-11-18(4-2)17-25-24(27)21-16-23(19-12-7-6-8-13-19)26-22-15-10-9-14-20(21)22/h6-10,12-16,18H,3-5,11,17H2,1-2H3,(H,25,27)/t18-/m0/s1. The van der Waals surface area contributed by atoms with Crippen molar-refractivity contribution in [2.75, 3.05) is 6.54 Å². The van der Waals surface area contributed by atoms with E-state index in [1.54, 1.807) is 0 Å². The molecule has 0 aliphatic heterocycles. The second-order valence-corrected chi connectivity index (χ2v) is 7.06. The fourth-order valence-electron chi connectivity index (χ4n) is 3.40. The number of fused-ring (bicyclic) bond motifs is 1. The predicted molar refractivity (Wildman–Crippen MR) is 113 cm³/mol. The normalized spacial score (nSPS) is 12.1. The molecule has 3 nitrogen and oxygen atoms in total. The molecule has 1 aromatic heterocycles. The zero-order valence-electron chi connectivity index (χ0n) is 16.2. The molecule has 1 N–H and O–H groups in total. The van der Waals surface area contributed by atoms with Crippen molar-refractivity contribution in [3.8, 4) is 11.3 Å². The minimum absolute atomic E-state index is 0.0132. The summed E-state index contributed by atoms with van der Waals surface area (Å²) in [7, 11) is 0. The molecule has 0 spiro atoms. The maximum Gasteiger partial charge on any atom is 0.252 e. The van der Waals surface area contributed by atoms with Crippen LogP contribution in [0.25, 0.3) is 22.2 Å². The topological polar surface area (TPSA) is 42.0 Å². The highest BCUT2D eigenvalue weighted by molar-refractivity contribution is 6.07. The molecule has 1 atom stereocenters. The number of para-hydroxylation sites is 1. The molecule has 3 heteroatoms. The van der Waals surface area contributed by atoms with E-state index in [9.17, 15) is 4.79 Å². The number of pyridine rings is 1. The molecule has 1 heterocycles. The lowest BCUT2D eigenvalue weighted by Gasteiger charge is -2.16. The van der Waals surface area contributed by atoms with E-state index in [1.807, 2.05) is 60.7 Å². The van der Waals surface area contributed by atoms with Crippen LogP contribution in [0.3, 0.4) is 0 Å². The van der Waals surface area contributed by atoms with Gasteiger partial charge in [-0.25, -0.2) is 4.98 Å². The molecule has 0 unspecified atom stereocenters. The highest BCUT2D eigenvalue weighted by Crippen LogP contribution is 2.25. The van der Waals surface area contributed by atoms with Crippen molar-refractivity contribution >= 4 is 16.8 Å². The van der Waals surface area contributed by atoms with Crippen molar-refractivity contribution in [3.05, 3.63) is 66.2 Å². The Morgan fingerprint density at radius 2 is 1.78 bits per heavy atom. The Kier molecular flexibility index (Phi) is 6.59. The molecule has 3 aromatic rings. The molecule has 0 fully saturated rings. The molecule has 0 aliphatic carbocycles. The Morgan fingerprint density at radius 3 is 2.52 bits per heavy atom. The van der Waals surface area contributed by atoms with Crippen molar-refractivity contribution in [2.45, 2.75) is 39.5 Å². The average Bonchev–Trinajstić information content (AvgIpc) is 2.73. The minimum atomic E-state index is -0.0132. The number of rotatable bonds is 8. The van der Waals surface area contributed by atoms with E-state index in [0.29, 0.717) is 11.5 Å². The van der Waals surface area contributed by atoms with Gasteiger partial charge in [0.2, 0.25) is 0 Å². The summed E-state index contributed by atoms with van der Waals surface area (Å²) in [6, 6.07) is 19.8. The highest BCUT2D eigenvalue weighted by atomic mass is 16.1. The fourth-order valence-corrected chi connectivity index (χ4v) is 3.40. The fraction of sp³-hybridized carbons (Fsp3) is 0.333. The van der Waals surface area contributed by atoms with Crippen LogP contribution in [0, 0.1) is 5.92 Å². The van der Waals surface area contributed by atoms with Gasteiger partial charge in [0.15, 0.2) is 0 Å². The summed E-state index contributed by atoms with van der Waals surface area (Å²) in [5.74, 6) is 0.524. The van der Waals surface area contributed by atoms with E-state index in [-0.39, 0.29) is 5.91 Å². The lowest BCUT2D eigenvalue weighted by atomic mass is 9.99. The van der Waals surface area contributed by atoms with Crippen LogP contribution in [0.4, 0.5) is 0 Å². The monoisotopic (exact) mass is 360 g/mol. The number of unbranched alkanes of at least 4 members (excludes halogenated alkanes) is 1. The van der Waals surface area contributed by atoms with Gasteiger partial charge in [0.1, 0.15) is 0 Å². The Bertz CT molecular complexity index is 889. The van der Waals surface area contributed by atoms with Crippen molar-refractivity contribution in [1.29, 1.82) is 0 Å². The summed E-state index contributed by atoms with van der Waals surface area (Å²) < 4.78 is 0. The Morgan fingerprint density at radius 1 is 1.04 bits per heavy atom. The summed E-state index contributed by atoms with van der Waals surface area (Å²) in [5.41, 5.74) is 3.40. The Labute approximate surface area is 161 Å². The highest BCUT2D eigenvalue weighted by Gasteiger charge is 2.15. The number of amides is 1. The molecule has 1 amide bonds. The van der Waals surface area contributed by atoms with Crippen molar-refractivity contribution < 1.29 is 4.79 Å². The van der Waals surface area contributed by atoms with E-state index >= 15 is 0 Å². The lowest BCUT2D eigenvalue weighted by molar-refractivity contribution is 0.0947. The van der Waals surface area contributed by atoms with Crippen LogP contribution in [-0.4, -0.2) is 17.4 Å². The molecule has 27 heavy (non-hydrogen) atoms. The number of hydrogen-bond donors (Lipinski definition) is 1. The third-order valence-corrected chi connectivity index (χ3v) is 5.12. The largest absolute Gasteiger partial charge is 0.352 e. The third-order valence-electron chi connectivity index (χ3n) is 5.12. The number of carbonyl (C=O) groups excluding carboxylic acids is 1. The maximum absolute atomic E-state index is 13.0. The van der Waals surface area contributed by atoms with E-state index in [0.717, 1.165) is 35.1 Å². The zero-order chi connectivity index (χ0) is 19.1. The third kappa shape index (κ3) is 4.73. The van der Waals surface area contributed by atoms with Gasteiger partial charge in [0, 0.05) is 17.5 Å². The molecular formula is C24H28N2O. The van der Waals surface area contributed by atoms with Gasteiger partial charge in [-0.05, 0) is 24.5 Å². The predicted octanol–water partition coefficient (Wildman–Crippen LogP) is 5.85. The zero-order valence-corrected chi connectivity index (χ0v) is 16.2. The van der Waals surface area contributed by atoms with Gasteiger partial charge in [-0.15, -0.1) is 0 Å². The first-order valence-corrected chi connectivity index (χ1v) is 9.96. The molecule has 0 saturated carbocycles. The maximum atomic E-state index is 13.0. The first kappa shape index (κ1) is 19.1. The van der Waals surface area contributed by atoms with Crippen LogP contribution >= 0.6 is 0 Å². The molecule has 0 radical (unpaired) electrons. The van der Waals surface area contributed by atoms with Crippen molar-refractivity contribution in [3.63, 3.8) is 0 Å². The molecular weight excluding hydrogens is 332 g/mol. The van der Waals surface area contributed by atoms with Gasteiger partial charge in [-0.2, -0.15) is 0 Å². The number of aromatic nitrogens is 1. The summed E-state index contributed by atoms with van der Waals surface area (Å²) in [5, 5.41) is 4.06. The summed E-state index contributed by atoms with van der Waals surface area (Å²) in [4.78, 5) is 17.8. The SMILES string of the molecule is CCCC[C@H](CC)CNC(=O)c1cc(-c2ccccc2)nc2ccccc12. The molecule has 0 saturated heterocycles. The number of nitrogens with one attached hydrogen (secondary N) is 1. The van der Waals surface area contributed by atoms with Crippen LogP contribution in [0.2, 0.25) is 0 Å². The van der Waals surface area contributed by atoms with E-state index in [2.05, 4.69) is 19.2 Å². The Hall–Kier alpha value is -2.68. The van der Waals surface area contributed by atoms with E-state index in [4.69, 9.17) is 4.98 Å². The van der Waals surface area contributed by atoms with Crippen LogP contribution in [0.5, 0.6) is 0 Å². The Balaban J connectivity index is 1.89. The second kappa shape index (κ2) is 9.31. The molecule has 140 valence electrons. The molecule has 3 rings (SSSR count). The van der Waals surface area contributed by atoms with Gasteiger partial charge >= 0.3 is 0 Å². The average molecular weight is 361 g/mol. The van der Waals surface area contributed by atoms with Gasteiger partial charge < -0.3 is 5.32 Å². The number of carbonyl (C=O) groups is 1. The minimum Gasteiger partial charge on any atom is -0.352 e. The lowest BCUT2D eigenvalue weighted by Crippen LogP contribution is -2.29. The van der Waals surface area contributed by atoms with Crippen molar-refractivity contribution in [1.82, 2.24) is 10.3 Å². The van der Waals surface area contributed by atoms with Crippen LogP contribution < -0.4 is 5.32 Å². The molecule has 2 aromatic carbocycles. The van der Waals surface area contributed by atoms with Gasteiger partial charge in [-0.3, -0.25) is 4.79 Å². The van der Waals surface area contributed by atoms with Crippen molar-refractivity contribution in [2.24, 2.45) is 5.92 Å². The molecule has 0 aliphatic rings. The summed E-state index contributed by atoms with van der Waals surface area (Å²) in [6.45, 7) is 5.13. The number of hydrogen-bond acceptors (Lipinski definition) is 2. The van der Waals surface area contributed by atoms with Crippen LogP contribution in [0.15, 0.2) is 60.7 Å². The molecule has 0 bridgehead atoms. The summed E-state index contributed by atoms with van der Waals surface area (Å²) in [6.07, 6.45) is 4.66. The first-order valence-electron chi connectivity index (χ1n) is 9.96. The van der Waals surface area contributed by atoms with Crippen LogP contribution in [-0.2, 0) is 0 Å². The first-order chi connectivity index (χ1) is 13.2. The second-order valence-electron chi connectivity index (χ2n) is 7.06. The smallest absolute Gasteiger partial charge is 0.252 e. The van der Waals surface area contributed by atoms with Gasteiger partial charge in [0.25, 0.3) is 5.91 Å². The summed E-state index contributed by atoms with van der Waals surface area (Å²) >= 11 is 0.